The lowest BCUT2D eigenvalue weighted by atomic mass is 9.69. The minimum Gasteiger partial charge on any atom is -0.0811 e. The molecule has 0 aromatic rings. The van der Waals surface area contributed by atoms with Gasteiger partial charge < -0.3 is 0 Å². The Kier molecular flexibility index (Phi) is 4.19. The fourth-order valence-corrected chi connectivity index (χ4v) is 2.33. The predicted octanol–water partition coefficient (Wildman–Crippen LogP) is 4.97. The molecule has 0 nitrogen and oxygen atoms in total. The molecule has 2 atom stereocenters. The zero-order chi connectivity index (χ0) is 11.5. The molecule has 0 saturated carbocycles. The van der Waals surface area contributed by atoms with E-state index in [4.69, 9.17) is 0 Å². The summed E-state index contributed by atoms with van der Waals surface area (Å²) in [6.07, 6.45) is 10.9. The highest BCUT2D eigenvalue weighted by Gasteiger charge is 2.29. The molecule has 0 aromatic heterocycles. The molecule has 0 N–H and O–H groups in total. The Morgan fingerprint density at radius 3 is 2.40 bits per heavy atom. The Morgan fingerprint density at radius 2 is 2.00 bits per heavy atom. The van der Waals surface area contributed by atoms with Crippen LogP contribution in [0.2, 0.25) is 0 Å². The lowest BCUT2D eigenvalue weighted by Gasteiger charge is -2.35. The molecule has 0 spiro atoms. The molecule has 1 aliphatic carbocycles. The second-order valence-electron chi connectivity index (χ2n) is 5.36. The normalized spacial score (nSPS) is 23.8. The van der Waals surface area contributed by atoms with E-state index in [1.807, 2.05) is 0 Å². The van der Waals surface area contributed by atoms with Gasteiger partial charge in [-0.1, -0.05) is 65.7 Å². The molecule has 0 saturated heterocycles. The van der Waals surface area contributed by atoms with Crippen LogP contribution in [0.25, 0.3) is 0 Å². The standard InChI is InChI=1S/C15H26/c1-6-15(5,7-2)13(4)14-10-8-12(3)9-11-14/h8,10-13H,6-7,9H2,1-5H3. The van der Waals surface area contributed by atoms with Gasteiger partial charge in [-0.3, -0.25) is 0 Å². The first-order valence-electron chi connectivity index (χ1n) is 6.41. The highest BCUT2D eigenvalue weighted by atomic mass is 14.3. The molecule has 0 heteroatoms. The molecule has 0 fully saturated rings. The Hall–Kier alpha value is -0.520. The Bertz CT molecular complexity index is 253. The van der Waals surface area contributed by atoms with E-state index in [9.17, 15) is 0 Å². The van der Waals surface area contributed by atoms with Crippen molar-refractivity contribution in [3.05, 3.63) is 23.8 Å². The summed E-state index contributed by atoms with van der Waals surface area (Å²) in [6.45, 7) is 11.7. The zero-order valence-electron chi connectivity index (χ0n) is 11.0. The van der Waals surface area contributed by atoms with Gasteiger partial charge in [-0.05, 0) is 29.2 Å². The van der Waals surface area contributed by atoms with Crippen molar-refractivity contribution in [2.24, 2.45) is 17.3 Å². The summed E-state index contributed by atoms with van der Waals surface area (Å²) in [5.74, 6) is 1.42. The monoisotopic (exact) mass is 206 g/mol. The van der Waals surface area contributed by atoms with E-state index < -0.39 is 0 Å². The van der Waals surface area contributed by atoms with Gasteiger partial charge in [0.2, 0.25) is 0 Å². The second-order valence-corrected chi connectivity index (χ2v) is 5.36. The zero-order valence-corrected chi connectivity index (χ0v) is 11.0. The smallest absolute Gasteiger partial charge is 0.0140 e. The summed E-state index contributed by atoms with van der Waals surface area (Å²) in [5.41, 5.74) is 2.02. The first-order chi connectivity index (χ1) is 7.03. The average Bonchev–Trinajstić information content (AvgIpc) is 2.28. The Morgan fingerprint density at radius 1 is 1.40 bits per heavy atom. The van der Waals surface area contributed by atoms with Crippen molar-refractivity contribution in [2.75, 3.05) is 0 Å². The van der Waals surface area contributed by atoms with Gasteiger partial charge in [0.15, 0.2) is 0 Å². The van der Waals surface area contributed by atoms with Crippen molar-refractivity contribution in [1.29, 1.82) is 0 Å². The summed E-state index contributed by atoms with van der Waals surface area (Å²) in [6, 6.07) is 0. The molecular formula is C15H26. The van der Waals surface area contributed by atoms with Crippen LogP contribution in [0.1, 0.15) is 53.9 Å². The van der Waals surface area contributed by atoms with Crippen LogP contribution in [0.4, 0.5) is 0 Å². The van der Waals surface area contributed by atoms with Crippen molar-refractivity contribution < 1.29 is 0 Å². The van der Waals surface area contributed by atoms with Crippen LogP contribution in [0.3, 0.4) is 0 Å². The third kappa shape index (κ3) is 2.74. The summed E-state index contributed by atoms with van der Waals surface area (Å²) in [5, 5.41) is 0. The molecule has 0 aromatic carbocycles. The van der Waals surface area contributed by atoms with Gasteiger partial charge in [0.25, 0.3) is 0 Å². The second kappa shape index (κ2) is 5.01. The largest absolute Gasteiger partial charge is 0.0811 e. The number of rotatable bonds is 4. The maximum atomic E-state index is 2.44. The molecule has 15 heavy (non-hydrogen) atoms. The third-order valence-electron chi connectivity index (χ3n) is 4.50. The summed E-state index contributed by atoms with van der Waals surface area (Å²) >= 11 is 0. The summed E-state index contributed by atoms with van der Waals surface area (Å²) in [7, 11) is 0. The van der Waals surface area contributed by atoms with Crippen LogP contribution in [0, 0.1) is 17.3 Å². The topological polar surface area (TPSA) is 0 Å². The fourth-order valence-electron chi connectivity index (χ4n) is 2.33. The van der Waals surface area contributed by atoms with Gasteiger partial charge in [0, 0.05) is 0 Å². The maximum Gasteiger partial charge on any atom is -0.0140 e. The van der Waals surface area contributed by atoms with Crippen molar-refractivity contribution in [1.82, 2.24) is 0 Å². The van der Waals surface area contributed by atoms with Crippen LogP contribution in [-0.4, -0.2) is 0 Å². The van der Waals surface area contributed by atoms with Gasteiger partial charge in [-0.25, -0.2) is 0 Å². The van der Waals surface area contributed by atoms with Gasteiger partial charge in [-0.2, -0.15) is 0 Å². The average molecular weight is 206 g/mol. The van der Waals surface area contributed by atoms with Gasteiger partial charge in [0.05, 0.1) is 0 Å². The molecule has 0 aliphatic heterocycles. The van der Waals surface area contributed by atoms with Crippen LogP contribution in [-0.2, 0) is 0 Å². The minimum atomic E-state index is 0.469. The van der Waals surface area contributed by atoms with E-state index in [0.717, 1.165) is 5.92 Å². The molecule has 2 unspecified atom stereocenters. The lowest BCUT2D eigenvalue weighted by Crippen LogP contribution is -2.25. The van der Waals surface area contributed by atoms with E-state index in [0.29, 0.717) is 11.3 Å². The molecular weight excluding hydrogens is 180 g/mol. The van der Waals surface area contributed by atoms with Crippen molar-refractivity contribution >= 4 is 0 Å². The van der Waals surface area contributed by atoms with E-state index in [2.05, 4.69) is 52.8 Å². The van der Waals surface area contributed by atoms with E-state index >= 15 is 0 Å². The van der Waals surface area contributed by atoms with E-state index in [1.54, 1.807) is 5.57 Å². The van der Waals surface area contributed by atoms with Gasteiger partial charge >= 0.3 is 0 Å². The Balaban J connectivity index is 2.77. The van der Waals surface area contributed by atoms with Crippen molar-refractivity contribution in [2.45, 2.75) is 53.9 Å². The van der Waals surface area contributed by atoms with Crippen molar-refractivity contribution in [3.8, 4) is 0 Å². The SMILES string of the molecule is CCC(C)(CC)C(C)C1=CCC(C)C=C1. The molecule has 0 amide bonds. The van der Waals surface area contributed by atoms with E-state index in [1.165, 1.54) is 19.3 Å². The summed E-state index contributed by atoms with van der Waals surface area (Å²) < 4.78 is 0. The predicted molar refractivity (Wildman–Crippen MR) is 68.9 cm³/mol. The first-order valence-corrected chi connectivity index (χ1v) is 6.41. The lowest BCUT2D eigenvalue weighted by molar-refractivity contribution is 0.215. The highest BCUT2D eigenvalue weighted by molar-refractivity contribution is 5.27. The van der Waals surface area contributed by atoms with Crippen LogP contribution in [0.5, 0.6) is 0 Å². The molecule has 0 heterocycles. The van der Waals surface area contributed by atoms with Crippen molar-refractivity contribution in [3.63, 3.8) is 0 Å². The molecule has 0 radical (unpaired) electrons. The van der Waals surface area contributed by atoms with E-state index in [-0.39, 0.29) is 0 Å². The number of allylic oxidation sites excluding steroid dienone is 4. The quantitative estimate of drug-likeness (QED) is 0.609. The molecule has 1 rings (SSSR count). The van der Waals surface area contributed by atoms with Crippen LogP contribution < -0.4 is 0 Å². The molecule has 0 bridgehead atoms. The molecule has 86 valence electrons. The van der Waals surface area contributed by atoms with Crippen LogP contribution in [0.15, 0.2) is 23.8 Å². The van der Waals surface area contributed by atoms with Crippen LogP contribution >= 0.6 is 0 Å². The Labute approximate surface area is 95.5 Å². The highest BCUT2D eigenvalue weighted by Crippen LogP contribution is 2.40. The first kappa shape index (κ1) is 12.5. The van der Waals surface area contributed by atoms with Gasteiger partial charge in [0.1, 0.15) is 0 Å². The fraction of sp³-hybridized carbons (Fsp3) is 0.733. The molecule has 1 aliphatic rings. The number of hydrogen-bond donors (Lipinski definition) is 0. The third-order valence-corrected chi connectivity index (χ3v) is 4.50. The minimum absolute atomic E-state index is 0.469. The maximum absolute atomic E-state index is 2.44. The van der Waals surface area contributed by atoms with Gasteiger partial charge in [-0.15, -0.1) is 0 Å². The number of hydrogen-bond acceptors (Lipinski definition) is 0. The summed E-state index contributed by atoms with van der Waals surface area (Å²) in [4.78, 5) is 0.